The minimum absolute atomic E-state index is 0.00903. The molecule has 3 amide bonds. The van der Waals surface area contributed by atoms with Crippen molar-refractivity contribution in [2.24, 2.45) is 22.2 Å². The van der Waals surface area contributed by atoms with Crippen LogP contribution in [0.25, 0.3) is 0 Å². The van der Waals surface area contributed by atoms with Crippen LogP contribution in [0.3, 0.4) is 0 Å². The molecule has 0 aromatic heterocycles. The molecule has 0 spiro atoms. The van der Waals surface area contributed by atoms with E-state index in [2.05, 4.69) is 15.6 Å². The van der Waals surface area contributed by atoms with E-state index in [0.29, 0.717) is 44.3 Å². The largest absolute Gasteiger partial charge is 0.508 e. The van der Waals surface area contributed by atoms with Gasteiger partial charge < -0.3 is 48.1 Å². The molecule has 1 aliphatic rings. The van der Waals surface area contributed by atoms with Crippen LogP contribution in [0.2, 0.25) is 0 Å². The number of nitrogens with zero attached hydrogens (tertiary/aromatic N) is 2. The van der Waals surface area contributed by atoms with Crippen molar-refractivity contribution in [3.05, 3.63) is 29.8 Å². The number of rotatable bonds is 13. The number of nitrogens with one attached hydrogen (secondary N) is 2. The van der Waals surface area contributed by atoms with Crippen LogP contribution >= 0.6 is 0 Å². The van der Waals surface area contributed by atoms with Gasteiger partial charge in [0.25, 0.3) is 0 Å². The normalized spacial score (nSPS) is 17.4. The second-order valence-corrected chi connectivity index (χ2v) is 8.76. The van der Waals surface area contributed by atoms with Gasteiger partial charge in [0.1, 0.15) is 23.9 Å². The van der Waals surface area contributed by atoms with E-state index >= 15 is 0 Å². The number of nitrogens with two attached hydrogens (primary N) is 3. The monoisotopic (exact) mass is 521 g/mol. The summed E-state index contributed by atoms with van der Waals surface area (Å²) >= 11 is 0. The number of phenols is 1. The first-order chi connectivity index (χ1) is 17.5. The highest BCUT2D eigenvalue weighted by Gasteiger charge is 2.37. The van der Waals surface area contributed by atoms with Crippen molar-refractivity contribution in [3.63, 3.8) is 0 Å². The summed E-state index contributed by atoms with van der Waals surface area (Å²) in [5, 5.41) is 32.8. The third-order valence-corrected chi connectivity index (χ3v) is 5.93. The van der Waals surface area contributed by atoms with Gasteiger partial charge in [0, 0.05) is 19.5 Å². The first-order valence-electron chi connectivity index (χ1n) is 11.9. The fourth-order valence-electron chi connectivity index (χ4n) is 3.96. The van der Waals surface area contributed by atoms with Gasteiger partial charge in [0.2, 0.25) is 17.7 Å². The summed E-state index contributed by atoms with van der Waals surface area (Å²) < 4.78 is 0. The van der Waals surface area contributed by atoms with Gasteiger partial charge in [0.15, 0.2) is 5.96 Å². The molecule has 1 aromatic rings. The van der Waals surface area contributed by atoms with Crippen LogP contribution in [-0.4, -0.2) is 93.7 Å². The number of carboxylic acids is 1. The number of aliphatic carboxylic acids is 1. The predicted molar refractivity (Wildman–Crippen MR) is 133 cm³/mol. The molecule has 4 atom stereocenters. The van der Waals surface area contributed by atoms with Crippen LogP contribution in [0.4, 0.5) is 0 Å². The van der Waals surface area contributed by atoms with E-state index in [1.165, 1.54) is 17.0 Å². The van der Waals surface area contributed by atoms with Gasteiger partial charge in [-0.2, -0.15) is 0 Å². The van der Waals surface area contributed by atoms with E-state index in [1.54, 1.807) is 12.1 Å². The number of phenolic OH excluding ortho intramolecular Hbond substituents is 1. The highest BCUT2D eigenvalue weighted by Crippen LogP contribution is 2.20. The molecule has 14 nitrogen and oxygen atoms in total. The highest BCUT2D eigenvalue weighted by atomic mass is 16.4. The summed E-state index contributed by atoms with van der Waals surface area (Å²) in [5.74, 6) is -3.31. The molecule has 0 saturated carbocycles. The van der Waals surface area contributed by atoms with Crippen LogP contribution in [0.1, 0.15) is 31.2 Å². The van der Waals surface area contributed by atoms with Crippen molar-refractivity contribution >= 4 is 29.7 Å². The second kappa shape index (κ2) is 14.0. The molecule has 0 radical (unpaired) electrons. The summed E-state index contributed by atoms with van der Waals surface area (Å²) in [7, 11) is 0. The Hall–Kier alpha value is -3.91. The lowest BCUT2D eigenvalue weighted by Crippen LogP contribution is -2.57. The molecule has 2 rings (SSSR count). The van der Waals surface area contributed by atoms with E-state index in [0.717, 1.165) is 0 Å². The first-order valence-corrected chi connectivity index (χ1v) is 11.9. The van der Waals surface area contributed by atoms with Crippen molar-refractivity contribution in [1.29, 1.82) is 0 Å². The van der Waals surface area contributed by atoms with Crippen LogP contribution in [-0.2, 0) is 25.6 Å². The summed E-state index contributed by atoms with van der Waals surface area (Å²) in [5.41, 5.74) is 17.2. The number of likely N-dealkylation sites (tertiary alicyclic amines) is 1. The lowest BCUT2D eigenvalue weighted by molar-refractivity contribution is -0.144. The maximum atomic E-state index is 13.2. The number of carboxylic acid groups (broad SMARTS) is 1. The van der Waals surface area contributed by atoms with Crippen molar-refractivity contribution < 1.29 is 34.5 Å². The third kappa shape index (κ3) is 8.91. The Morgan fingerprint density at radius 2 is 1.78 bits per heavy atom. The molecule has 0 bridgehead atoms. The molecule has 0 aliphatic carbocycles. The number of aromatic hydroxyl groups is 1. The zero-order chi connectivity index (χ0) is 27.5. The molecule has 1 saturated heterocycles. The van der Waals surface area contributed by atoms with Crippen LogP contribution in [0.5, 0.6) is 5.75 Å². The van der Waals surface area contributed by atoms with Gasteiger partial charge >= 0.3 is 5.97 Å². The number of carbonyl (C=O) groups excluding carboxylic acids is 3. The number of aliphatic hydroxyl groups excluding tert-OH is 1. The molecule has 11 N–H and O–H groups in total. The van der Waals surface area contributed by atoms with Gasteiger partial charge in [-0.15, -0.1) is 0 Å². The summed E-state index contributed by atoms with van der Waals surface area (Å²) in [6.45, 7) is -0.210. The molecule has 1 heterocycles. The Labute approximate surface area is 213 Å². The number of guanidine groups is 1. The molecule has 37 heavy (non-hydrogen) atoms. The van der Waals surface area contributed by atoms with E-state index in [9.17, 15) is 29.4 Å². The number of aliphatic imine (C=N–C) groups is 1. The smallest absolute Gasteiger partial charge is 0.328 e. The Bertz CT molecular complexity index is 982. The van der Waals surface area contributed by atoms with Crippen molar-refractivity contribution in [2.75, 3.05) is 19.7 Å². The number of aliphatic hydroxyl groups is 1. The summed E-state index contributed by atoms with van der Waals surface area (Å²) in [6, 6.07) is 1.42. The number of benzene rings is 1. The fourth-order valence-corrected chi connectivity index (χ4v) is 3.96. The molecule has 1 aromatic carbocycles. The van der Waals surface area contributed by atoms with E-state index < -0.39 is 54.5 Å². The second-order valence-electron chi connectivity index (χ2n) is 8.76. The average Bonchev–Trinajstić information content (AvgIpc) is 3.35. The van der Waals surface area contributed by atoms with Gasteiger partial charge in [-0.05, 0) is 43.4 Å². The average molecular weight is 522 g/mol. The van der Waals surface area contributed by atoms with Gasteiger partial charge in [-0.25, -0.2) is 4.79 Å². The number of amides is 3. The highest BCUT2D eigenvalue weighted by molar-refractivity contribution is 5.94. The molecule has 204 valence electrons. The molecular formula is C23H35N7O7. The zero-order valence-electron chi connectivity index (χ0n) is 20.4. The van der Waals surface area contributed by atoms with Gasteiger partial charge in [0.05, 0.1) is 12.6 Å². The summed E-state index contributed by atoms with van der Waals surface area (Å²) in [6.07, 6.45) is 1.68. The molecule has 4 unspecified atom stereocenters. The third-order valence-electron chi connectivity index (χ3n) is 5.93. The number of hydrogen-bond acceptors (Lipinski definition) is 8. The SMILES string of the molecule is NC(N)=NCCCC(N)C(=O)N1CCCC1C(=O)NC(Cc1ccc(O)cc1)C(=O)NC(CO)C(=O)O. The fraction of sp³-hybridized carbons (Fsp3) is 0.522. The number of carbonyl (C=O) groups is 4. The topological polar surface area (TPSA) is 247 Å². The van der Waals surface area contributed by atoms with Crippen LogP contribution in [0.15, 0.2) is 29.3 Å². The Kier molecular flexibility index (Phi) is 11.1. The zero-order valence-corrected chi connectivity index (χ0v) is 20.4. The Balaban J connectivity index is 2.12. The van der Waals surface area contributed by atoms with E-state index in [1.807, 2.05) is 0 Å². The van der Waals surface area contributed by atoms with E-state index in [-0.39, 0.29) is 18.1 Å². The lowest BCUT2D eigenvalue weighted by atomic mass is 10.0. The minimum atomic E-state index is -1.56. The van der Waals surface area contributed by atoms with Crippen molar-refractivity contribution in [1.82, 2.24) is 15.5 Å². The number of hydrogen-bond donors (Lipinski definition) is 8. The van der Waals surface area contributed by atoms with Crippen LogP contribution in [0, 0.1) is 0 Å². The summed E-state index contributed by atoms with van der Waals surface area (Å²) in [4.78, 5) is 55.5. The van der Waals surface area contributed by atoms with Gasteiger partial charge in [-0.1, -0.05) is 12.1 Å². The van der Waals surface area contributed by atoms with E-state index in [4.69, 9.17) is 22.3 Å². The maximum Gasteiger partial charge on any atom is 0.328 e. The van der Waals surface area contributed by atoms with Gasteiger partial charge in [-0.3, -0.25) is 19.4 Å². The molecule has 1 aliphatic heterocycles. The Morgan fingerprint density at radius 3 is 2.38 bits per heavy atom. The lowest BCUT2D eigenvalue weighted by Gasteiger charge is -2.28. The Morgan fingerprint density at radius 1 is 1.11 bits per heavy atom. The quantitative estimate of drug-likeness (QED) is 0.0760. The van der Waals surface area contributed by atoms with Crippen molar-refractivity contribution in [3.8, 4) is 5.75 Å². The van der Waals surface area contributed by atoms with Crippen LogP contribution < -0.4 is 27.8 Å². The maximum absolute atomic E-state index is 13.2. The minimum Gasteiger partial charge on any atom is -0.508 e. The molecular weight excluding hydrogens is 486 g/mol. The predicted octanol–water partition coefficient (Wildman–Crippen LogP) is -2.65. The molecule has 1 fully saturated rings. The molecule has 14 heteroatoms. The standard InChI is InChI=1S/C23H35N7O7/c24-15(3-1-9-27-23(25)26)21(35)30-10-2-4-18(30)20(34)28-16(11-13-5-7-14(32)8-6-13)19(33)29-17(12-31)22(36)37/h5-8,15-18,31-32H,1-4,9-12,24H2,(H,28,34)(H,29,33)(H,36,37)(H4,25,26,27). The first kappa shape index (κ1) is 29.3. The van der Waals surface area contributed by atoms with Crippen molar-refractivity contribution in [2.45, 2.75) is 56.3 Å².